The van der Waals surface area contributed by atoms with Gasteiger partial charge in [0.15, 0.2) is 5.11 Å². The Bertz CT molecular complexity index is 1070. The topological polar surface area (TPSA) is 81.9 Å². The summed E-state index contributed by atoms with van der Waals surface area (Å²) in [5.41, 5.74) is 1.26. The van der Waals surface area contributed by atoms with E-state index in [1.807, 2.05) is 12.1 Å². The number of aromatic nitrogens is 2. The fourth-order valence-corrected chi connectivity index (χ4v) is 4.32. The first-order chi connectivity index (χ1) is 16.7. The molecule has 2 aromatic heterocycles. The third-order valence-corrected chi connectivity index (χ3v) is 6.23. The Hall–Kier alpha value is -3.37. The summed E-state index contributed by atoms with van der Waals surface area (Å²) < 4.78 is 10.9. The van der Waals surface area contributed by atoms with Crippen LogP contribution in [0.15, 0.2) is 59.2 Å². The summed E-state index contributed by atoms with van der Waals surface area (Å²) >= 11 is 5.48. The van der Waals surface area contributed by atoms with Crippen LogP contribution in [0.2, 0.25) is 0 Å². The van der Waals surface area contributed by atoms with Crippen LogP contribution in [0.3, 0.4) is 0 Å². The van der Waals surface area contributed by atoms with E-state index in [9.17, 15) is 0 Å². The van der Waals surface area contributed by atoms with E-state index in [0.29, 0.717) is 30.8 Å². The molecule has 2 N–H and O–H groups in total. The highest BCUT2D eigenvalue weighted by atomic mass is 32.1. The van der Waals surface area contributed by atoms with E-state index in [1.54, 1.807) is 6.26 Å². The second-order valence-electron chi connectivity index (χ2n) is 8.20. The monoisotopic (exact) mass is 479 g/mol. The molecule has 5 rings (SSSR count). The summed E-state index contributed by atoms with van der Waals surface area (Å²) in [4.78, 5) is 16.5. The summed E-state index contributed by atoms with van der Waals surface area (Å²) in [6.45, 7) is 7.14. The van der Waals surface area contributed by atoms with Gasteiger partial charge in [0.25, 0.3) is 0 Å². The first-order valence-corrected chi connectivity index (χ1v) is 12.0. The Balaban J connectivity index is 1.30. The van der Waals surface area contributed by atoms with E-state index in [2.05, 4.69) is 61.7 Å². The number of benzene rings is 1. The smallest absolute Gasteiger partial charge is 0.232 e. The number of piperazine rings is 1. The van der Waals surface area contributed by atoms with E-state index < -0.39 is 0 Å². The maximum Gasteiger partial charge on any atom is 0.232 e. The molecule has 10 heteroatoms. The Morgan fingerprint density at radius 3 is 2.21 bits per heavy atom. The molecule has 2 aliphatic heterocycles. The summed E-state index contributed by atoms with van der Waals surface area (Å²) in [7, 11) is 0. The number of para-hydroxylation sites is 1. The number of anilines is 4. The zero-order valence-electron chi connectivity index (χ0n) is 19.0. The van der Waals surface area contributed by atoms with Crippen molar-refractivity contribution in [1.29, 1.82) is 0 Å². The summed E-state index contributed by atoms with van der Waals surface area (Å²) in [6.07, 6.45) is 1.65. The van der Waals surface area contributed by atoms with Crippen LogP contribution in [0.5, 0.6) is 0 Å². The predicted molar refractivity (Wildman–Crippen MR) is 138 cm³/mol. The Kier molecular flexibility index (Phi) is 7.06. The van der Waals surface area contributed by atoms with Crippen molar-refractivity contribution in [2.45, 2.75) is 6.54 Å². The molecule has 0 spiro atoms. The molecule has 1 aromatic carbocycles. The molecule has 0 amide bonds. The van der Waals surface area contributed by atoms with Crippen molar-refractivity contribution < 1.29 is 9.15 Å². The fourth-order valence-electron chi connectivity index (χ4n) is 4.15. The first kappa shape index (κ1) is 22.4. The Labute approximate surface area is 204 Å². The number of rotatable bonds is 6. The second-order valence-corrected chi connectivity index (χ2v) is 8.61. The molecule has 0 bridgehead atoms. The molecule has 0 radical (unpaired) electrons. The molecule has 0 unspecified atom stereocenters. The lowest BCUT2D eigenvalue weighted by molar-refractivity contribution is 0.122. The third-order valence-electron chi connectivity index (χ3n) is 5.99. The molecule has 9 nitrogen and oxygen atoms in total. The van der Waals surface area contributed by atoms with Crippen LogP contribution in [0, 0.1) is 0 Å². The van der Waals surface area contributed by atoms with Crippen molar-refractivity contribution >= 4 is 40.6 Å². The summed E-state index contributed by atoms with van der Waals surface area (Å²) in [5.74, 6) is 3.08. The Morgan fingerprint density at radius 1 is 0.853 bits per heavy atom. The van der Waals surface area contributed by atoms with Gasteiger partial charge in [0.2, 0.25) is 5.95 Å². The van der Waals surface area contributed by atoms with Gasteiger partial charge in [-0.05, 0) is 36.5 Å². The number of thiocarbonyl (C=S) groups is 1. The van der Waals surface area contributed by atoms with Crippen LogP contribution >= 0.6 is 12.2 Å². The van der Waals surface area contributed by atoms with Gasteiger partial charge in [-0.3, -0.25) is 0 Å². The highest BCUT2D eigenvalue weighted by molar-refractivity contribution is 7.80. The zero-order valence-corrected chi connectivity index (χ0v) is 19.8. The average Bonchev–Trinajstić information content (AvgIpc) is 3.42. The van der Waals surface area contributed by atoms with Crippen LogP contribution < -0.4 is 25.3 Å². The zero-order chi connectivity index (χ0) is 23.2. The molecule has 4 heterocycles. The van der Waals surface area contributed by atoms with E-state index in [4.69, 9.17) is 31.3 Å². The van der Waals surface area contributed by atoms with Crippen molar-refractivity contribution in [1.82, 2.24) is 15.3 Å². The van der Waals surface area contributed by atoms with Gasteiger partial charge in [0, 0.05) is 51.0 Å². The number of ether oxygens (including phenoxy) is 1. The third kappa shape index (κ3) is 5.57. The summed E-state index contributed by atoms with van der Waals surface area (Å²) in [6, 6.07) is 16.4. The molecule has 0 atom stereocenters. The second kappa shape index (κ2) is 10.7. The quantitative estimate of drug-likeness (QED) is 0.515. The molecular weight excluding hydrogens is 450 g/mol. The minimum atomic E-state index is 0.454. The van der Waals surface area contributed by atoms with Crippen molar-refractivity contribution in [3.05, 3.63) is 60.6 Å². The van der Waals surface area contributed by atoms with Gasteiger partial charge in [0.05, 0.1) is 26.0 Å². The van der Waals surface area contributed by atoms with E-state index >= 15 is 0 Å². The van der Waals surface area contributed by atoms with Gasteiger partial charge < -0.3 is 34.5 Å². The van der Waals surface area contributed by atoms with Gasteiger partial charge in [0.1, 0.15) is 17.4 Å². The maximum atomic E-state index is 5.53. The van der Waals surface area contributed by atoms with Gasteiger partial charge in [-0.2, -0.15) is 9.97 Å². The molecule has 34 heavy (non-hydrogen) atoms. The summed E-state index contributed by atoms with van der Waals surface area (Å²) in [5, 5.41) is 6.76. The number of furan rings is 1. The van der Waals surface area contributed by atoms with Crippen LogP contribution in [-0.4, -0.2) is 67.6 Å². The van der Waals surface area contributed by atoms with E-state index in [0.717, 1.165) is 56.7 Å². The lowest BCUT2D eigenvalue weighted by Gasteiger charge is -2.37. The molecule has 2 saturated heterocycles. The number of nitrogens with one attached hydrogen (secondary N) is 2. The lowest BCUT2D eigenvalue weighted by atomic mass is 10.2. The van der Waals surface area contributed by atoms with Crippen LogP contribution in [0.1, 0.15) is 5.76 Å². The molecular formula is C24H29N7O2S. The SMILES string of the molecule is S=C(NCc1ccco1)Nc1nc(N2CCOCC2)cc(N2CCN(c3ccccc3)CC2)n1. The predicted octanol–water partition coefficient (Wildman–Crippen LogP) is 2.72. The molecule has 2 aliphatic rings. The molecule has 3 aromatic rings. The normalized spacial score (nSPS) is 16.4. The minimum Gasteiger partial charge on any atom is -0.467 e. The van der Waals surface area contributed by atoms with E-state index in [1.165, 1.54) is 5.69 Å². The standard InChI is InChI=1S/C24H29N7O2S/c34-24(25-18-20-7-4-14-33-20)28-23-26-21(17-22(27-23)31-12-15-32-16-13-31)30-10-8-29(9-11-30)19-5-2-1-3-6-19/h1-7,14,17H,8-13,15-16,18H2,(H2,25,26,27,28,34). The molecule has 0 saturated carbocycles. The van der Waals surface area contributed by atoms with Gasteiger partial charge in [-0.15, -0.1) is 0 Å². The lowest BCUT2D eigenvalue weighted by Crippen LogP contribution is -2.47. The van der Waals surface area contributed by atoms with Crippen LogP contribution in [-0.2, 0) is 11.3 Å². The van der Waals surface area contributed by atoms with Crippen molar-refractivity contribution in [3.8, 4) is 0 Å². The molecule has 0 aliphatic carbocycles. The number of hydrogen-bond donors (Lipinski definition) is 2. The van der Waals surface area contributed by atoms with E-state index in [-0.39, 0.29) is 0 Å². The van der Waals surface area contributed by atoms with Gasteiger partial charge in [-0.25, -0.2) is 0 Å². The van der Waals surface area contributed by atoms with Crippen molar-refractivity contribution in [3.63, 3.8) is 0 Å². The number of morpholine rings is 1. The average molecular weight is 480 g/mol. The number of nitrogens with zero attached hydrogens (tertiary/aromatic N) is 5. The first-order valence-electron chi connectivity index (χ1n) is 11.6. The van der Waals surface area contributed by atoms with Gasteiger partial charge >= 0.3 is 0 Å². The largest absolute Gasteiger partial charge is 0.467 e. The highest BCUT2D eigenvalue weighted by Gasteiger charge is 2.22. The molecule has 178 valence electrons. The Morgan fingerprint density at radius 2 is 1.53 bits per heavy atom. The van der Waals surface area contributed by atoms with Crippen molar-refractivity contribution in [2.75, 3.05) is 72.5 Å². The fraction of sp³-hybridized carbons (Fsp3) is 0.375. The number of hydrogen-bond acceptors (Lipinski definition) is 8. The van der Waals surface area contributed by atoms with Crippen LogP contribution in [0.25, 0.3) is 0 Å². The highest BCUT2D eigenvalue weighted by Crippen LogP contribution is 2.24. The van der Waals surface area contributed by atoms with Crippen LogP contribution in [0.4, 0.5) is 23.3 Å². The van der Waals surface area contributed by atoms with Gasteiger partial charge in [-0.1, -0.05) is 18.2 Å². The maximum absolute atomic E-state index is 5.53. The molecule has 2 fully saturated rings. The van der Waals surface area contributed by atoms with Crippen molar-refractivity contribution in [2.24, 2.45) is 0 Å². The minimum absolute atomic E-state index is 0.454.